The number of carbonyl (C=O) groups excluding carboxylic acids is 1. The molecular weight excluding hydrogens is 492 g/mol. The summed E-state index contributed by atoms with van der Waals surface area (Å²) >= 11 is 3.12. The average Bonchev–Trinajstić information content (AvgIpc) is 3.50. The zero-order valence-corrected chi connectivity index (χ0v) is 20.3. The van der Waals surface area contributed by atoms with Crippen molar-refractivity contribution in [2.24, 2.45) is 0 Å². The highest BCUT2D eigenvalue weighted by Gasteiger charge is 2.19. The van der Waals surface area contributed by atoms with Crippen molar-refractivity contribution in [3.63, 3.8) is 0 Å². The molecule has 4 rings (SSSR count). The Labute approximate surface area is 205 Å². The van der Waals surface area contributed by atoms with Crippen LogP contribution in [0.2, 0.25) is 0 Å². The van der Waals surface area contributed by atoms with Crippen molar-refractivity contribution in [3.05, 3.63) is 94.3 Å². The van der Waals surface area contributed by atoms with E-state index in [1.54, 1.807) is 35.6 Å². The number of thiophene rings is 1. The number of carbonyl (C=O) groups is 1. The largest absolute Gasteiger partial charge is 0.357 e. The van der Waals surface area contributed by atoms with E-state index < -0.39 is 16.3 Å². The molecule has 0 fully saturated rings. The fourth-order valence-corrected chi connectivity index (χ4v) is 5.39. The Bertz CT molecular complexity index is 1320. The Morgan fingerprint density at radius 1 is 0.971 bits per heavy atom. The number of amides is 2. The molecule has 4 N–H and O–H groups in total. The first-order valence-corrected chi connectivity index (χ1v) is 13.5. The molecule has 0 aliphatic heterocycles. The van der Waals surface area contributed by atoms with Crippen molar-refractivity contribution >= 4 is 44.7 Å². The number of nitrogens with zero attached hydrogens (tertiary/aromatic N) is 1. The second-order valence-corrected chi connectivity index (χ2v) is 10.4. The van der Waals surface area contributed by atoms with Crippen LogP contribution in [0.5, 0.6) is 0 Å². The Hall–Kier alpha value is -3.25. The number of benzene rings is 2. The predicted molar refractivity (Wildman–Crippen MR) is 135 cm³/mol. The van der Waals surface area contributed by atoms with Crippen LogP contribution in [0.25, 0.3) is 9.88 Å². The van der Waals surface area contributed by atoms with Crippen molar-refractivity contribution in [2.45, 2.75) is 19.0 Å². The fourth-order valence-electron chi connectivity index (χ4n) is 3.27. The number of nitrogens with one attached hydrogen (secondary N) is 3. The molecule has 0 saturated heterocycles. The lowest BCUT2D eigenvalue weighted by Gasteiger charge is -2.18. The molecule has 2 aromatic carbocycles. The van der Waals surface area contributed by atoms with E-state index in [0.29, 0.717) is 13.0 Å². The number of rotatable bonds is 9. The highest BCUT2D eigenvalue weighted by Crippen LogP contribution is 2.30. The third-order valence-electron chi connectivity index (χ3n) is 4.85. The van der Waals surface area contributed by atoms with E-state index in [1.807, 2.05) is 57.9 Å². The van der Waals surface area contributed by atoms with Gasteiger partial charge in [-0.25, -0.2) is 9.78 Å². The minimum Gasteiger partial charge on any atom is -0.334 e. The van der Waals surface area contributed by atoms with Crippen LogP contribution in [0, 0.1) is 0 Å². The first-order chi connectivity index (χ1) is 16.4. The quantitative estimate of drug-likeness (QED) is 0.238. The molecule has 2 aromatic heterocycles. The topological polar surface area (TPSA) is 120 Å². The fraction of sp³-hybridized carbons (Fsp3) is 0.130. The van der Waals surface area contributed by atoms with Gasteiger partial charge in [-0.05, 0) is 41.1 Å². The van der Waals surface area contributed by atoms with Crippen LogP contribution in [0.4, 0.5) is 10.5 Å². The van der Waals surface area contributed by atoms with E-state index in [-0.39, 0.29) is 11.7 Å². The van der Waals surface area contributed by atoms with Gasteiger partial charge in [0.1, 0.15) is 5.01 Å². The van der Waals surface area contributed by atoms with Crippen LogP contribution in [0.1, 0.15) is 22.9 Å². The van der Waals surface area contributed by atoms with Gasteiger partial charge in [0.2, 0.25) is 0 Å². The van der Waals surface area contributed by atoms with Gasteiger partial charge in [0.25, 0.3) is 0 Å². The molecular formula is C23H22N4O4S3. The van der Waals surface area contributed by atoms with Crippen LogP contribution in [0.3, 0.4) is 0 Å². The highest BCUT2D eigenvalue weighted by molar-refractivity contribution is 7.87. The first kappa shape index (κ1) is 23.9. The van der Waals surface area contributed by atoms with Gasteiger partial charge in [-0.2, -0.15) is 8.42 Å². The molecule has 1 atom stereocenters. The second kappa shape index (κ2) is 10.8. The zero-order chi connectivity index (χ0) is 24.0. The molecule has 8 nitrogen and oxygen atoms in total. The molecule has 2 heterocycles. The number of anilines is 1. The van der Waals surface area contributed by atoms with Gasteiger partial charge < -0.3 is 10.6 Å². The van der Waals surface area contributed by atoms with Crippen molar-refractivity contribution < 1.29 is 17.8 Å². The summed E-state index contributed by atoms with van der Waals surface area (Å²) in [6.45, 7) is 0.396. The smallest absolute Gasteiger partial charge is 0.334 e. The third kappa shape index (κ3) is 6.87. The molecule has 4 aromatic rings. The number of hydrogen-bond acceptors (Lipinski definition) is 6. The molecule has 34 heavy (non-hydrogen) atoms. The SMILES string of the molecule is O=C(NCc1ccccc1)N[C@@H](Cc1ccc(NS(=O)(=O)O)cc1)c1csc(-c2cccs2)n1. The Morgan fingerprint density at radius 2 is 1.74 bits per heavy atom. The van der Waals surface area contributed by atoms with E-state index in [1.165, 1.54) is 11.3 Å². The van der Waals surface area contributed by atoms with Crippen LogP contribution in [-0.2, 0) is 23.3 Å². The Kier molecular flexibility index (Phi) is 7.58. The Balaban J connectivity index is 1.49. The lowest BCUT2D eigenvalue weighted by molar-refractivity contribution is 0.236. The van der Waals surface area contributed by atoms with Crippen LogP contribution >= 0.6 is 22.7 Å². The van der Waals surface area contributed by atoms with Gasteiger partial charge >= 0.3 is 16.3 Å². The van der Waals surface area contributed by atoms with Gasteiger partial charge in [0, 0.05) is 11.9 Å². The number of aromatic nitrogens is 1. The average molecular weight is 515 g/mol. The van der Waals surface area contributed by atoms with Crippen LogP contribution in [0.15, 0.2) is 77.5 Å². The maximum absolute atomic E-state index is 12.7. The lowest BCUT2D eigenvalue weighted by Crippen LogP contribution is -2.38. The standard InChI is InChI=1S/C23H22N4O4S3/c28-23(24-14-17-5-2-1-3-6-17)26-19(20-15-33-22(25-20)21-7-4-12-32-21)13-16-8-10-18(11-9-16)27-34(29,30)31/h1-12,15,19,27H,13-14H2,(H2,24,26,28)(H,29,30,31)/t19-/m0/s1. The molecule has 0 aliphatic rings. The summed E-state index contributed by atoms with van der Waals surface area (Å²) in [6.07, 6.45) is 0.443. The summed E-state index contributed by atoms with van der Waals surface area (Å²) in [5.41, 5.74) is 2.83. The number of thiazole rings is 1. The molecule has 2 amide bonds. The molecule has 176 valence electrons. The van der Waals surface area contributed by atoms with E-state index in [9.17, 15) is 13.2 Å². The van der Waals surface area contributed by atoms with Crippen LogP contribution < -0.4 is 15.4 Å². The summed E-state index contributed by atoms with van der Waals surface area (Å²) in [5.74, 6) is 0. The van der Waals surface area contributed by atoms with E-state index in [4.69, 9.17) is 9.54 Å². The molecule has 11 heteroatoms. The summed E-state index contributed by atoms with van der Waals surface area (Å²) in [5, 5.41) is 10.7. The Morgan fingerprint density at radius 3 is 2.41 bits per heavy atom. The van der Waals surface area contributed by atoms with Crippen molar-refractivity contribution in [3.8, 4) is 9.88 Å². The number of hydrogen-bond donors (Lipinski definition) is 4. The summed E-state index contributed by atoms with van der Waals surface area (Å²) in [6, 6.07) is 19.4. The summed E-state index contributed by atoms with van der Waals surface area (Å²) in [7, 11) is -4.34. The van der Waals surface area contributed by atoms with E-state index >= 15 is 0 Å². The lowest BCUT2D eigenvalue weighted by atomic mass is 10.0. The number of urea groups is 1. The van der Waals surface area contributed by atoms with Gasteiger partial charge in [-0.3, -0.25) is 9.27 Å². The van der Waals surface area contributed by atoms with Gasteiger partial charge in [0.15, 0.2) is 0 Å². The van der Waals surface area contributed by atoms with Crippen molar-refractivity contribution in [1.29, 1.82) is 0 Å². The van der Waals surface area contributed by atoms with Crippen molar-refractivity contribution in [2.75, 3.05) is 4.72 Å². The monoisotopic (exact) mass is 514 g/mol. The molecule has 0 spiro atoms. The van der Waals surface area contributed by atoms with E-state index in [2.05, 4.69) is 10.6 Å². The van der Waals surface area contributed by atoms with Crippen molar-refractivity contribution in [1.82, 2.24) is 15.6 Å². The van der Waals surface area contributed by atoms with Gasteiger partial charge in [-0.1, -0.05) is 48.5 Å². The second-order valence-electron chi connectivity index (χ2n) is 7.40. The molecule has 0 unspecified atom stereocenters. The molecule has 0 saturated carbocycles. The van der Waals surface area contributed by atoms with E-state index in [0.717, 1.165) is 26.7 Å². The van der Waals surface area contributed by atoms with Gasteiger partial charge in [-0.15, -0.1) is 22.7 Å². The zero-order valence-electron chi connectivity index (χ0n) is 17.8. The normalized spacial score (nSPS) is 12.1. The third-order valence-corrected chi connectivity index (χ3v) is 7.25. The highest BCUT2D eigenvalue weighted by atomic mass is 32.2. The van der Waals surface area contributed by atoms with Gasteiger partial charge in [0.05, 0.1) is 22.3 Å². The van der Waals surface area contributed by atoms with Crippen LogP contribution in [-0.4, -0.2) is 24.0 Å². The maximum atomic E-state index is 12.7. The molecule has 0 bridgehead atoms. The first-order valence-electron chi connectivity index (χ1n) is 10.3. The molecule has 0 aliphatic carbocycles. The summed E-state index contributed by atoms with van der Waals surface area (Å²) < 4.78 is 33.0. The maximum Gasteiger partial charge on any atom is 0.357 e. The molecule has 0 radical (unpaired) electrons. The summed E-state index contributed by atoms with van der Waals surface area (Å²) in [4.78, 5) is 18.5. The predicted octanol–water partition coefficient (Wildman–Crippen LogP) is 4.87. The minimum atomic E-state index is -4.34. The minimum absolute atomic E-state index is 0.241.